The third-order valence-electron chi connectivity index (χ3n) is 2.99. The molecule has 0 saturated carbocycles. The molecule has 0 heterocycles. The molecule has 4 nitrogen and oxygen atoms in total. The predicted octanol–water partition coefficient (Wildman–Crippen LogP) is 3.99. The summed E-state index contributed by atoms with van der Waals surface area (Å²) in [4.78, 5) is 23.7. The monoisotopic (exact) mass is 436 g/mol. The topological polar surface area (TPSA) is 58.2 Å². The van der Waals surface area contributed by atoms with Crippen molar-refractivity contribution in [2.45, 2.75) is 6.92 Å². The maximum Gasteiger partial charge on any atom is 0.270 e. The zero-order valence-electron chi connectivity index (χ0n) is 12.3. The lowest BCUT2D eigenvalue weighted by Gasteiger charge is -2.06. The Balaban J connectivity index is 1.94. The molecule has 118 valence electrons. The van der Waals surface area contributed by atoms with Gasteiger partial charge >= 0.3 is 0 Å². The van der Waals surface area contributed by atoms with Crippen molar-refractivity contribution in [2.75, 3.05) is 0 Å². The van der Waals surface area contributed by atoms with Crippen molar-refractivity contribution in [3.05, 3.63) is 74.2 Å². The van der Waals surface area contributed by atoms with Gasteiger partial charge in [-0.3, -0.25) is 20.4 Å². The Labute approximate surface area is 151 Å². The van der Waals surface area contributed by atoms with Gasteiger partial charge in [-0.15, -0.1) is 0 Å². The minimum atomic E-state index is -0.419. The second kappa shape index (κ2) is 8.08. The Bertz CT molecular complexity index is 773. The molecule has 0 fully saturated rings. The van der Waals surface area contributed by atoms with E-state index in [1.807, 2.05) is 31.2 Å². The molecule has 0 radical (unpaired) electrons. The first-order valence-electron chi connectivity index (χ1n) is 6.76. The van der Waals surface area contributed by atoms with E-state index in [1.54, 1.807) is 24.3 Å². The molecule has 0 bridgehead atoms. The van der Waals surface area contributed by atoms with Crippen LogP contribution in [0.4, 0.5) is 0 Å². The van der Waals surface area contributed by atoms with Gasteiger partial charge in [0, 0.05) is 15.0 Å². The minimum absolute atomic E-state index is 0.393. The fourth-order valence-corrected chi connectivity index (χ4v) is 2.90. The molecule has 0 aromatic heterocycles. The Morgan fingerprint density at radius 2 is 1.74 bits per heavy atom. The van der Waals surface area contributed by atoms with Crippen LogP contribution in [0.25, 0.3) is 6.08 Å². The number of halogens is 2. The van der Waals surface area contributed by atoms with Crippen molar-refractivity contribution >= 4 is 49.8 Å². The fourth-order valence-electron chi connectivity index (χ4n) is 1.81. The van der Waals surface area contributed by atoms with Crippen LogP contribution in [0.15, 0.2) is 57.5 Å². The number of nitrogens with one attached hydrogen (secondary N) is 2. The number of benzene rings is 2. The van der Waals surface area contributed by atoms with Crippen molar-refractivity contribution in [2.24, 2.45) is 0 Å². The first-order chi connectivity index (χ1) is 11.0. The van der Waals surface area contributed by atoms with Crippen molar-refractivity contribution in [1.29, 1.82) is 0 Å². The van der Waals surface area contributed by atoms with Crippen LogP contribution in [0.5, 0.6) is 0 Å². The standard InChI is InChI=1S/C17H14Br2N2O2/c1-11-6-7-12(15(19)10-11)8-9-16(22)20-21-17(23)13-4-2-3-5-14(13)18/h2-10H,1H3,(H,20,22)(H,21,23)/b9-8+. The number of hydrogen-bond donors (Lipinski definition) is 2. The molecule has 0 saturated heterocycles. The second-order valence-electron chi connectivity index (χ2n) is 4.78. The highest BCUT2D eigenvalue weighted by atomic mass is 79.9. The lowest BCUT2D eigenvalue weighted by atomic mass is 10.1. The van der Waals surface area contributed by atoms with E-state index in [4.69, 9.17) is 0 Å². The molecule has 0 aliphatic rings. The maximum atomic E-state index is 11.9. The van der Waals surface area contributed by atoms with E-state index in [0.29, 0.717) is 10.0 Å². The average Bonchev–Trinajstić information content (AvgIpc) is 2.52. The molecule has 23 heavy (non-hydrogen) atoms. The van der Waals surface area contributed by atoms with Gasteiger partial charge in [-0.05, 0) is 58.3 Å². The molecule has 0 aliphatic carbocycles. The Kier molecular flexibility index (Phi) is 6.12. The Hall–Kier alpha value is -1.92. The van der Waals surface area contributed by atoms with Crippen molar-refractivity contribution in [3.8, 4) is 0 Å². The predicted molar refractivity (Wildman–Crippen MR) is 97.7 cm³/mol. The van der Waals surface area contributed by atoms with Crippen LogP contribution in [0.1, 0.15) is 21.5 Å². The summed E-state index contributed by atoms with van der Waals surface area (Å²) in [6, 6.07) is 12.8. The highest BCUT2D eigenvalue weighted by molar-refractivity contribution is 9.10. The number of carbonyl (C=O) groups excluding carboxylic acids is 2. The van der Waals surface area contributed by atoms with Gasteiger partial charge < -0.3 is 0 Å². The van der Waals surface area contributed by atoms with Crippen LogP contribution < -0.4 is 10.9 Å². The largest absolute Gasteiger partial charge is 0.270 e. The van der Waals surface area contributed by atoms with Crippen LogP contribution >= 0.6 is 31.9 Å². The zero-order chi connectivity index (χ0) is 16.8. The first-order valence-corrected chi connectivity index (χ1v) is 8.35. The first kappa shape index (κ1) is 17.4. The molecule has 2 rings (SSSR count). The molecule has 0 spiro atoms. The van der Waals surface area contributed by atoms with Gasteiger partial charge in [-0.25, -0.2) is 0 Å². The summed E-state index contributed by atoms with van der Waals surface area (Å²) in [7, 11) is 0. The van der Waals surface area contributed by atoms with Crippen LogP contribution in [0.2, 0.25) is 0 Å². The molecule has 2 N–H and O–H groups in total. The van der Waals surface area contributed by atoms with E-state index >= 15 is 0 Å². The highest BCUT2D eigenvalue weighted by Gasteiger charge is 2.09. The van der Waals surface area contributed by atoms with Gasteiger partial charge in [-0.1, -0.05) is 40.2 Å². The molecule has 2 aromatic rings. The molecule has 0 aliphatic heterocycles. The Morgan fingerprint density at radius 1 is 1.00 bits per heavy atom. The fraction of sp³-hybridized carbons (Fsp3) is 0.0588. The Morgan fingerprint density at radius 3 is 2.43 bits per heavy atom. The maximum absolute atomic E-state index is 11.9. The van der Waals surface area contributed by atoms with E-state index < -0.39 is 11.8 Å². The van der Waals surface area contributed by atoms with Gasteiger partial charge in [0.1, 0.15) is 0 Å². The van der Waals surface area contributed by atoms with Crippen molar-refractivity contribution in [3.63, 3.8) is 0 Å². The summed E-state index contributed by atoms with van der Waals surface area (Å²) in [5, 5.41) is 0. The van der Waals surface area contributed by atoms with E-state index in [0.717, 1.165) is 15.6 Å². The van der Waals surface area contributed by atoms with Crippen molar-refractivity contribution in [1.82, 2.24) is 10.9 Å². The second-order valence-corrected chi connectivity index (χ2v) is 6.49. The quantitative estimate of drug-likeness (QED) is 0.563. The SMILES string of the molecule is Cc1ccc(/C=C/C(=O)NNC(=O)c2ccccc2Br)c(Br)c1. The van der Waals surface area contributed by atoms with Crippen LogP contribution in [0.3, 0.4) is 0 Å². The summed E-state index contributed by atoms with van der Waals surface area (Å²) in [6.45, 7) is 1.99. The van der Waals surface area contributed by atoms with E-state index in [1.165, 1.54) is 6.08 Å². The minimum Gasteiger partial charge on any atom is -0.268 e. The molecule has 6 heteroatoms. The third kappa shape index (κ3) is 5.04. The normalized spacial score (nSPS) is 10.6. The summed E-state index contributed by atoms with van der Waals surface area (Å²) in [5.74, 6) is -0.811. The molecule has 2 aromatic carbocycles. The zero-order valence-corrected chi connectivity index (χ0v) is 15.4. The summed E-state index contributed by atoms with van der Waals surface area (Å²) < 4.78 is 1.56. The smallest absolute Gasteiger partial charge is 0.268 e. The number of rotatable bonds is 3. The van der Waals surface area contributed by atoms with E-state index in [2.05, 4.69) is 42.7 Å². The molecule has 2 amide bonds. The van der Waals surface area contributed by atoms with Gasteiger partial charge in [0.15, 0.2) is 0 Å². The highest BCUT2D eigenvalue weighted by Crippen LogP contribution is 2.19. The molecule has 0 atom stereocenters. The summed E-state index contributed by atoms with van der Waals surface area (Å²) in [5.41, 5.74) is 7.16. The number of aryl methyl sites for hydroxylation is 1. The lowest BCUT2D eigenvalue weighted by Crippen LogP contribution is -2.40. The molecular formula is C17H14Br2N2O2. The van der Waals surface area contributed by atoms with E-state index in [-0.39, 0.29) is 0 Å². The van der Waals surface area contributed by atoms with Gasteiger partial charge in [0.2, 0.25) is 0 Å². The number of amides is 2. The van der Waals surface area contributed by atoms with E-state index in [9.17, 15) is 9.59 Å². The molecule has 0 unspecified atom stereocenters. The van der Waals surface area contributed by atoms with Gasteiger partial charge in [0.05, 0.1) is 5.56 Å². The van der Waals surface area contributed by atoms with Crippen LogP contribution in [-0.2, 0) is 4.79 Å². The van der Waals surface area contributed by atoms with Crippen LogP contribution in [0, 0.1) is 6.92 Å². The summed E-state index contributed by atoms with van der Waals surface area (Å²) in [6.07, 6.45) is 3.03. The van der Waals surface area contributed by atoms with Gasteiger partial charge in [-0.2, -0.15) is 0 Å². The summed E-state index contributed by atoms with van der Waals surface area (Å²) >= 11 is 6.73. The molecular weight excluding hydrogens is 424 g/mol. The van der Waals surface area contributed by atoms with Crippen LogP contribution in [-0.4, -0.2) is 11.8 Å². The number of hydrazine groups is 1. The average molecular weight is 438 g/mol. The van der Waals surface area contributed by atoms with Gasteiger partial charge in [0.25, 0.3) is 11.8 Å². The lowest BCUT2D eigenvalue weighted by molar-refractivity contribution is -0.117. The number of carbonyl (C=O) groups is 2. The van der Waals surface area contributed by atoms with Crippen molar-refractivity contribution < 1.29 is 9.59 Å². The third-order valence-corrected chi connectivity index (χ3v) is 4.37. The number of hydrogen-bond acceptors (Lipinski definition) is 2.